The number of hydrogen-bond acceptors (Lipinski definition) is 3. The van der Waals surface area contributed by atoms with Crippen LogP contribution in [0.1, 0.15) is 18.9 Å². The number of carbonyl (C=O) groups is 1. The van der Waals surface area contributed by atoms with Crippen LogP contribution in [0, 0.1) is 0 Å². The van der Waals surface area contributed by atoms with Gasteiger partial charge in [-0.3, -0.25) is 4.79 Å². The molecule has 0 amide bonds. The Hall–Kier alpha value is -1.86. The van der Waals surface area contributed by atoms with Gasteiger partial charge in [0.15, 0.2) is 0 Å². The molecule has 1 aromatic carbocycles. The van der Waals surface area contributed by atoms with Crippen molar-refractivity contribution in [2.24, 2.45) is 0 Å². The van der Waals surface area contributed by atoms with Crippen molar-refractivity contribution in [3.05, 3.63) is 36.0 Å². The van der Waals surface area contributed by atoms with Crippen molar-refractivity contribution in [2.75, 3.05) is 5.75 Å². The van der Waals surface area contributed by atoms with E-state index in [1.165, 1.54) is 0 Å². The second kappa shape index (κ2) is 6.28. The molecule has 2 aromatic rings. The van der Waals surface area contributed by atoms with Gasteiger partial charge in [-0.15, -0.1) is 0 Å². The van der Waals surface area contributed by atoms with E-state index in [1.807, 2.05) is 24.3 Å². The van der Waals surface area contributed by atoms with Gasteiger partial charge in [0.2, 0.25) is 10.0 Å². The van der Waals surface area contributed by atoms with E-state index in [0.29, 0.717) is 6.42 Å². The van der Waals surface area contributed by atoms with Crippen LogP contribution in [0.15, 0.2) is 30.5 Å². The van der Waals surface area contributed by atoms with Crippen molar-refractivity contribution in [3.8, 4) is 0 Å². The molecule has 0 fully saturated rings. The van der Waals surface area contributed by atoms with Gasteiger partial charge < -0.3 is 10.1 Å². The summed E-state index contributed by atoms with van der Waals surface area (Å²) < 4.78 is 25.8. The van der Waals surface area contributed by atoms with Gasteiger partial charge in [0, 0.05) is 23.5 Å². The first kappa shape index (κ1) is 15.5. The number of benzene rings is 1. The first-order valence-electron chi connectivity index (χ1n) is 6.70. The summed E-state index contributed by atoms with van der Waals surface area (Å²) in [4.78, 5) is 14.4. The van der Waals surface area contributed by atoms with Gasteiger partial charge in [0.25, 0.3) is 0 Å². The number of rotatable bonds is 7. The molecular formula is C14H18N2O4S. The van der Waals surface area contributed by atoms with Crippen molar-refractivity contribution < 1.29 is 18.3 Å². The Labute approximate surface area is 123 Å². The maximum atomic E-state index is 11.8. The summed E-state index contributed by atoms with van der Waals surface area (Å²) in [7, 11) is -3.57. The number of fused-ring (bicyclic) bond motifs is 1. The summed E-state index contributed by atoms with van der Waals surface area (Å²) in [5.41, 5.74) is 1.67. The number of H-pyrrole nitrogens is 1. The van der Waals surface area contributed by atoms with Crippen LogP contribution in [-0.4, -0.2) is 36.3 Å². The lowest BCUT2D eigenvalue weighted by atomic mass is 10.1. The zero-order valence-corrected chi connectivity index (χ0v) is 12.5. The molecule has 0 aliphatic heterocycles. The highest BCUT2D eigenvalue weighted by Crippen LogP contribution is 2.19. The van der Waals surface area contributed by atoms with Crippen molar-refractivity contribution in [1.29, 1.82) is 0 Å². The highest BCUT2D eigenvalue weighted by atomic mass is 32.2. The van der Waals surface area contributed by atoms with E-state index in [0.717, 1.165) is 16.5 Å². The van der Waals surface area contributed by atoms with Crippen molar-refractivity contribution in [3.63, 3.8) is 0 Å². The van der Waals surface area contributed by atoms with Crippen molar-refractivity contribution in [2.45, 2.75) is 25.8 Å². The first-order valence-corrected chi connectivity index (χ1v) is 8.36. The Balaban J connectivity index is 2.23. The molecule has 1 heterocycles. The SMILES string of the molecule is CCCS(=O)(=O)N[C@H](Cc1c[nH]c2ccccc12)C(=O)O. The van der Waals surface area contributed by atoms with Gasteiger partial charge in [-0.2, -0.15) is 0 Å². The summed E-state index contributed by atoms with van der Waals surface area (Å²) in [5.74, 6) is -1.26. The molecule has 1 aromatic heterocycles. The fraction of sp³-hybridized carbons (Fsp3) is 0.357. The van der Waals surface area contributed by atoms with Crippen LogP contribution >= 0.6 is 0 Å². The van der Waals surface area contributed by atoms with Crippen LogP contribution in [0.5, 0.6) is 0 Å². The number of carboxylic acid groups (broad SMARTS) is 1. The molecule has 0 aliphatic rings. The van der Waals surface area contributed by atoms with Gasteiger partial charge in [0.1, 0.15) is 6.04 Å². The Bertz CT molecular complexity index is 736. The molecule has 1 atom stereocenters. The molecule has 3 N–H and O–H groups in total. The molecule has 0 unspecified atom stereocenters. The van der Waals surface area contributed by atoms with Gasteiger partial charge >= 0.3 is 5.97 Å². The molecule has 0 saturated heterocycles. The predicted octanol–water partition coefficient (Wildman–Crippen LogP) is 1.49. The van der Waals surface area contributed by atoms with Gasteiger partial charge in [-0.25, -0.2) is 13.1 Å². The van der Waals surface area contributed by atoms with Crippen LogP contribution < -0.4 is 4.72 Å². The number of aliphatic carboxylic acids is 1. The monoisotopic (exact) mass is 310 g/mol. The van der Waals surface area contributed by atoms with E-state index in [1.54, 1.807) is 13.1 Å². The Morgan fingerprint density at radius 3 is 2.76 bits per heavy atom. The summed E-state index contributed by atoms with van der Waals surface area (Å²) in [6, 6.07) is 6.33. The lowest BCUT2D eigenvalue weighted by molar-refractivity contribution is -0.138. The van der Waals surface area contributed by atoms with E-state index in [4.69, 9.17) is 0 Å². The van der Waals surface area contributed by atoms with Crippen LogP contribution in [-0.2, 0) is 21.2 Å². The standard InChI is InChI=1S/C14H18N2O4S/c1-2-7-21(19,20)16-13(14(17)18)8-10-9-15-12-6-4-3-5-11(10)12/h3-6,9,13,15-16H,2,7-8H2,1H3,(H,17,18)/t13-/m1/s1. The van der Waals surface area contributed by atoms with E-state index in [9.17, 15) is 18.3 Å². The number of hydrogen-bond donors (Lipinski definition) is 3. The Kier molecular flexibility index (Phi) is 4.64. The maximum absolute atomic E-state index is 11.8. The van der Waals surface area contributed by atoms with E-state index in [-0.39, 0.29) is 12.2 Å². The van der Waals surface area contributed by atoms with Gasteiger partial charge in [-0.05, 0) is 18.1 Å². The smallest absolute Gasteiger partial charge is 0.322 e. The molecule has 0 spiro atoms. The van der Waals surface area contributed by atoms with Crippen LogP contribution in [0.2, 0.25) is 0 Å². The van der Waals surface area contributed by atoms with Crippen LogP contribution in [0.4, 0.5) is 0 Å². The average molecular weight is 310 g/mol. The second-order valence-electron chi connectivity index (χ2n) is 4.89. The summed E-state index contributed by atoms with van der Waals surface area (Å²) in [6.07, 6.45) is 2.26. The molecule has 21 heavy (non-hydrogen) atoms. The van der Waals surface area contributed by atoms with Crippen molar-refractivity contribution >= 4 is 26.9 Å². The lowest BCUT2D eigenvalue weighted by Crippen LogP contribution is -2.43. The summed E-state index contributed by atoms with van der Waals surface area (Å²) >= 11 is 0. The number of carboxylic acids is 1. The number of aromatic amines is 1. The van der Waals surface area contributed by atoms with Crippen molar-refractivity contribution in [1.82, 2.24) is 9.71 Å². The third-order valence-electron chi connectivity index (χ3n) is 3.19. The largest absolute Gasteiger partial charge is 0.480 e. The van der Waals surface area contributed by atoms with E-state index < -0.39 is 22.0 Å². The molecule has 0 aliphatic carbocycles. The lowest BCUT2D eigenvalue weighted by Gasteiger charge is -2.14. The second-order valence-corrected chi connectivity index (χ2v) is 6.76. The number of sulfonamides is 1. The average Bonchev–Trinajstić information content (AvgIpc) is 2.81. The molecule has 2 rings (SSSR count). The zero-order valence-electron chi connectivity index (χ0n) is 11.7. The predicted molar refractivity (Wildman–Crippen MR) is 80.6 cm³/mol. The quantitative estimate of drug-likeness (QED) is 0.721. The fourth-order valence-corrected chi connectivity index (χ4v) is 3.52. The highest BCUT2D eigenvalue weighted by Gasteiger charge is 2.24. The molecule has 0 radical (unpaired) electrons. The molecule has 6 nitrogen and oxygen atoms in total. The molecule has 7 heteroatoms. The first-order chi connectivity index (χ1) is 9.93. The minimum atomic E-state index is -3.57. The summed E-state index contributed by atoms with van der Waals surface area (Å²) in [6.45, 7) is 1.73. The number of nitrogens with one attached hydrogen (secondary N) is 2. The number of aromatic nitrogens is 1. The highest BCUT2D eigenvalue weighted by molar-refractivity contribution is 7.89. The van der Waals surface area contributed by atoms with Crippen LogP contribution in [0.3, 0.4) is 0 Å². The molecule has 0 saturated carbocycles. The topological polar surface area (TPSA) is 99.3 Å². The van der Waals surface area contributed by atoms with Crippen LogP contribution in [0.25, 0.3) is 10.9 Å². The Morgan fingerprint density at radius 2 is 2.10 bits per heavy atom. The Morgan fingerprint density at radius 1 is 1.38 bits per heavy atom. The molecule has 114 valence electrons. The molecule has 0 bridgehead atoms. The third kappa shape index (κ3) is 3.83. The molecular weight excluding hydrogens is 292 g/mol. The normalized spacial score (nSPS) is 13.4. The third-order valence-corrected chi connectivity index (χ3v) is 4.78. The van der Waals surface area contributed by atoms with E-state index in [2.05, 4.69) is 9.71 Å². The minimum absolute atomic E-state index is 0.0787. The zero-order chi connectivity index (χ0) is 15.5. The fourth-order valence-electron chi connectivity index (χ4n) is 2.24. The van der Waals surface area contributed by atoms with Gasteiger partial charge in [-0.1, -0.05) is 25.1 Å². The van der Waals surface area contributed by atoms with E-state index >= 15 is 0 Å². The van der Waals surface area contributed by atoms with Gasteiger partial charge in [0.05, 0.1) is 5.75 Å². The number of para-hydroxylation sites is 1. The minimum Gasteiger partial charge on any atom is -0.480 e. The summed E-state index contributed by atoms with van der Waals surface area (Å²) in [5, 5.41) is 10.1. The maximum Gasteiger partial charge on any atom is 0.322 e.